The topological polar surface area (TPSA) is 109 Å². The quantitative estimate of drug-likeness (QED) is 0.601. The molecule has 7 heteroatoms. The van der Waals surface area contributed by atoms with E-state index in [1.807, 2.05) is 6.92 Å². The van der Waals surface area contributed by atoms with Crippen LogP contribution < -0.4 is 11.1 Å². The van der Waals surface area contributed by atoms with Crippen LogP contribution in [0.5, 0.6) is 0 Å². The van der Waals surface area contributed by atoms with Gasteiger partial charge in [0.2, 0.25) is 11.8 Å². The third-order valence-electron chi connectivity index (χ3n) is 3.76. The summed E-state index contributed by atoms with van der Waals surface area (Å²) >= 11 is 1.28. The van der Waals surface area contributed by atoms with Crippen LogP contribution in [0.15, 0.2) is 0 Å². The molecule has 114 valence electrons. The molecule has 0 saturated heterocycles. The van der Waals surface area contributed by atoms with Crippen molar-refractivity contribution in [1.82, 2.24) is 5.32 Å². The fourth-order valence-electron chi connectivity index (χ4n) is 2.55. The van der Waals surface area contributed by atoms with Gasteiger partial charge in [-0.1, -0.05) is 19.8 Å². The predicted molar refractivity (Wildman–Crippen MR) is 77.3 cm³/mol. The fourth-order valence-corrected chi connectivity index (χ4v) is 3.23. The largest absolute Gasteiger partial charge is 0.479 e. The third-order valence-corrected chi connectivity index (χ3v) is 4.74. The van der Waals surface area contributed by atoms with Crippen LogP contribution in [-0.4, -0.2) is 39.9 Å². The van der Waals surface area contributed by atoms with Crippen LogP contribution in [0.25, 0.3) is 0 Å². The second-order valence-electron chi connectivity index (χ2n) is 5.24. The maximum absolute atomic E-state index is 11.9. The van der Waals surface area contributed by atoms with Gasteiger partial charge in [-0.2, -0.15) is 11.8 Å². The lowest BCUT2D eigenvalue weighted by molar-refractivity contribution is -0.151. The number of thioether (sulfide) groups is 1. The Hall–Kier alpha value is -1.24. The van der Waals surface area contributed by atoms with Crippen molar-refractivity contribution in [3.8, 4) is 0 Å². The van der Waals surface area contributed by atoms with Crippen molar-refractivity contribution in [2.75, 3.05) is 11.5 Å². The smallest absolute Gasteiger partial charge is 0.329 e. The van der Waals surface area contributed by atoms with Gasteiger partial charge in [-0.15, -0.1) is 0 Å². The van der Waals surface area contributed by atoms with E-state index >= 15 is 0 Å². The van der Waals surface area contributed by atoms with E-state index in [1.54, 1.807) is 0 Å². The second-order valence-corrected chi connectivity index (χ2v) is 6.35. The van der Waals surface area contributed by atoms with E-state index in [0.29, 0.717) is 12.2 Å². The molecule has 0 aromatic rings. The molecule has 2 unspecified atom stereocenters. The number of rotatable bonds is 7. The van der Waals surface area contributed by atoms with Crippen LogP contribution in [-0.2, 0) is 14.4 Å². The van der Waals surface area contributed by atoms with E-state index in [0.717, 1.165) is 19.3 Å². The summed E-state index contributed by atoms with van der Waals surface area (Å²) in [6.07, 6.45) is 3.29. The maximum atomic E-state index is 11.9. The minimum atomic E-state index is -1.14. The highest BCUT2D eigenvalue weighted by molar-refractivity contribution is 7.99. The van der Waals surface area contributed by atoms with Gasteiger partial charge in [0.15, 0.2) is 0 Å². The molecule has 1 rings (SSSR count). The van der Waals surface area contributed by atoms with Crippen molar-refractivity contribution in [3.63, 3.8) is 0 Å². The zero-order chi connectivity index (χ0) is 15.2. The van der Waals surface area contributed by atoms with Gasteiger partial charge in [0, 0.05) is 12.2 Å². The van der Waals surface area contributed by atoms with Gasteiger partial charge in [-0.3, -0.25) is 9.59 Å². The summed E-state index contributed by atoms with van der Waals surface area (Å²) in [6.45, 7) is 1.87. The molecule has 1 aliphatic rings. The number of primary amides is 1. The van der Waals surface area contributed by atoms with E-state index in [2.05, 4.69) is 5.32 Å². The molecule has 0 radical (unpaired) electrons. The molecule has 2 atom stereocenters. The zero-order valence-electron chi connectivity index (χ0n) is 11.7. The number of carbonyl (C=O) groups is 3. The Balaban J connectivity index is 2.51. The number of hydrogen-bond donors (Lipinski definition) is 3. The zero-order valence-corrected chi connectivity index (χ0v) is 12.5. The SMILES string of the molecule is CC1CCCCC1(NC(=O)CCSCC(N)=O)C(=O)O. The Morgan fingerprint density at radius 1 is 1.40 bits per heavy atom. The van der Waals surface area contributed by atoms with Crippen molar-refractivity contribution in [2.45, 2.75) is 44.6 Å². The first-order valence-corrected chi connectivity index (χ1v) is 7.94. The monoisotopic (exact) mass is 302 g/mol. The molecule has 2 amide bonds. The molecule has 1 aliphatic carbocycles. The molecule has 0 aromatic heterocycles. The summed E-state index contributed by atoms with van der Waals surface area (Å²) < 4.78 is 0. The van der Waals surface area contributed by atoms with E-state index in [9.17, 15) is 19.5 Å². The van der Waals surface area contributed by atoms with Crippen molar-refractivity contribution >= 4 is 29.5 Å². The normalized spacial score (nSPS) is 25.9. The van der Waals surface area contributed by atoms with Crippen LogP contribution in [0.3, 0.4) is 0 Å². The van der Waals surface area contributed by atoms with E-state index in [1.165, 1.54) is 11.8 Å². The van der Waals surface area contributed by atoms with Crippen molar-refractivity contribution in [1.29, 1.82) is 0 Å². The van der Waals surface area contributed by atoms with E-state index in [4.69, 9.17) is 5.73 Å². The van der Waals surface area contributed by atoms with Gasteiger partial charge in [0.05, 0.1) is 5.75 Å². The van der Waals surface area contributed by atoms with Crippen LogP contribution in [0.2, 0.25) is 0 Å². The molecule has 0 aliphatic heterocycles. The van der Waals surface area contributed by atoms with E-state index < -0.39 is 17.4 Å². The molecular formula is C13H22N2O4S. The van der Waals surface area contributed by atoms with E-state index in [-0.39, 0.29) is 24.0 Å². The number of carbonyl (C=O) groups excluding carboxylic acids is 2. The first-order valence-electron chi connectivity index (χ1n) is 6.79. The molecular weight excluding hydrogens is 280 g/mol. The minimum Gasteiger partial charge on any atom is -0.479 e. The molecule has 0 spiro atoms. The Bertz CT molecular complexity index is 389. The predicted octanol–water partition coefficient (Wildman–Crippen LogP) is 0.745. The van der Waals surface area contributed by atoms with Gasteiger partial charge < -0.3 is 16.2 Å². The number of carboxylic acid groups (broad SMARTS) is 1. The average Bonchev–Trinajstić information content (AvgIpc) is 2.37. The number of aliphatic carboxylic acids is 1. The van der Waals surface area contributed by atoms with Gasteiger partial charge in [-0.05, 0) is 18.8 Å². The van der Waals surface area contributed by atoms with Crippen LogP contribution in [0.4, 0.5) is 0 Å². The fraction of sp³-hybridized carbons (Fsp3) is 0.769. The summed E-state index contributed by atoms with van der Waals surface area (Å²) in [7, 11) is 0. The molecule has 0 bridgehead atoms. The third kappa shape index (κ3) is 4.40. The van der Waals surface area contributed by atoms with Crippen molar-refractivity contribution in [3.05, 3.63) is 0 Å². The standard InChI is InChI=1S/C13H22N2O4S/c1-9-4-2-3-6-13(9,12(18)19)15-11(17)5-7-20-8-10(14)16/h9H,2-8H2,1H3,(H2,14,16)(H,15,17)(H,18,19). The molecule has 6 nitrogen and oxygen atoms in total. The lowest BCUT2D eigenvalue weighted by Crippen LogP contribution is -2.60. The number of carboxylic acids is 1. The molecule has 4 N–H and O–H groups in total. The number of nitrogens with one attached hydrogen (secondary N) is 1. The Morgan fingerprint density at radius 2 is 2.10 bits per heavy atom. The van der Waals surface area contributed by atoms with Crippen LogP contribution >= 0.6 is 11.8 Å². The Kier molecular flexibility index (Phi) is 6.32. The van der Waals surface area contributed by atoms with Crippen molar-refractivity contribution in [2.24, 2.45) is 11.7 Å². The lowest BCUT2D eigenvalue weighted by atomic mass is 9.73. The lowest BCUT2D eigenvalue weighted by Gasteiger charge is -2.39. The molecule has 0 aromatic carbocycles. The summed E-state index contributed by atoms with van der Waals surface area (Å²) in [5.74, 6) is -1.10. The number of hydrogen-bond acceptors (Lipinski definition) is 4. The molecule has 0 heterocycles. The number of amides is 2. The Morgan fingerprint density at radius 3 is 2.65 bits per heavy atom. The summed E-state index contributed by atoms with van der Waals surface area (Å²) in [5, 5.41) is 12.2. The first kappa shape index (κ1) is 16.8. The molecule has 20 heavy (non-hydrogen) atoms. The summed E-state index contributed by atoms with van der Waals surface area (Å²) in [5.41, 5.74) is 3.86. The molecule has 1 saturated carbocycles. The van der Waals surface area contributed by atoms with Gasteiger partial charge in [-0.25, -0.2) is 4.79 Å². The number of nitrogens with two attached hydrogens (primary N) is 1. The van der Waals surface area contributed by atoms with Gasteiger partial charge in [0.25, 0.3) is 0 Å². The Labute approximate surface area is 122 Å². The average molecular weight is 302 g/mol. The van der Waals surface area contributed by atoms with Crippen LogP contribution in [0, 0.1) is 5.92 Å². The van der Waals surface area contributed by atoms with Gasteiger partial charge >= 0.3 is 5.97 Å². The molecule has 1 fully saturated rings. The summed E-state index contributed by atoms with van der Waals surface area (Å²) in [4.78, 5) is 34.0. The highest BCUT2D eigenvalue weighted by Crippen LogP contribution is 2.34. The summed E-state index contributed by atoms with van der Waals surface area (Å²) in [6, 6.07) is 0. The van der Waals surface area contributed by atoms with Crippen molar-refractivity contribution < 1.29 is 19.5 Å². The van der Waals surface area contributed by atoms with Crippen LogP contribution in [0.1, 0.15) is 39.0 Å². The van der Waals surface area contributed by atoms with Gasteiger partial charge in [0.1, 0.15) is 5.54 Å². The second kappa shape index (κ2) is 7.52. The highest BCUT2D eigenvalue weighted by atomic mass is 32.2. The minimum absolute atomic E-state index is 0.0732. The first-order chi connectivity index (χ1) is 9.38. The highest BCUT2D eigenvalue weighted by Gasteiger charge is 2.46. The maximum Gasteiger partial charge on any atom is 0.329 e.